The van der Waals surface area contributed by atoms with Crippen molar-refractivity contribution in [1.29, 1.82) is 0 Å². The van der Waals surface area contributed by atoms with Gasteiger partial charge in [-0.2, -0.15) is 5.10 Å². The van der Waals surface area contributed by atoms with E-state index in [1.54, 1.807) is 63.1 Å². The van der Waals surface area contributed by atoms with Crippen LogP contribution in [0.1, 0.15) is 49.7 Å². The van der Waals surface area contributed by atoms with Crippen molar-refractivity contribution < 1.29 is 14.3 Å². The minimum atomic E-state index is -0.733. The van der Waals surface area contributed by atoms with E-state index in [4.69, 9.17) is 4.74 Å². The van der Waals surface area contributed by atoms with E-state index in [1.807, 2.05) is 55.5 Å². The third kappa shape index (κ3) is 5.31. The molecular formula is C31H31N5O4. The first kappa shape index (κ1) is 26.7. The van der Waals surface area contributed by atoms with Gasteiger partial charge in [0.05, 0.1) is 40.3 Å². The molecule has 1 N–H and O–H groups in total. The van der Waals surface area contributed by atoms with Gasteiger partial charge in [-0.25, -0.2) is 9.36 Å². The number of nitrogens with zero attached hydrogens (tertiary/aromatic N) is 4. The number of ether oxygens (including phenoxy) is 1. The molecule has 5 aromatic rings. The van der Waals surface area contributed by atoms with Gasteiger partial charge in [-0.3, -0.25) is 14.3 Å². The third-order valence-corrected chi connectivity index (χ3v) is 6.55. The molecule has 0 aliphatic rings. The molecule has 0 saturated heterocycles. The fourth-order valence-electron chi connectivity index (χ4n) is 4.58. The van der Waals surface area contributed by atoms with Crippen LogP contribution in [0.25, 0.3) is 22.2 Å². The van der Waals surface area contributed by atoms with Crippen molar-refractivity contribution in [3.8, 4) is 11.3 Å². The SMILES string of the molecule is C[C@@H](c1ccccc1)n1cc(C(=O)Nc2cc(-c3cc4ccccc4n3C(=O)OC(C)(C)C)c(=O)n(C)c2)cn1. The Kier molecular flexibility index (Phi) is 6.89. The van der Waals surface area contributed by atoms with E-state index in [1.165, 1.54) is 15.3 Å². The van der Waals surface area contributed by atoms with E-state index < -0.39 is 11.7 Å². The molecule has 0 unspecified atom stereocenters. The smallest absolute Gasteiger partial charge is 0.419 e. The van der Waals surface area contributed by atoms with Gasteiger partial charge >= 0.3 is 6.09 Å². The Morgan fingerprint density at radius 1 is 0.975 bits per heavy atom. The molecule has 0 radical (unpaired) electrons. The minimum absolute atomic E-state index is 0.0540. The normalized spacial score (nSPS) is 12.3. The van der Waals surface area contributed by atoms with Crippen LogP contribution in [-0.4, -0.2) is 36.5 Å². The number of aromatic nitrogens is 4. The Hall–Kier alpha value is -4.92. The fourth-order valence-corrected chi connectivity index (χ4v) is 4.58. The summed E-state index contributed by atoms with van der Waals surface area (Å²) in [7, 11) is 1.60. The van der Waals surface area contributed by atoms with Crippen LogP contribution in [0.2, 0.25) is 0 Å². The molecule has 40 heavy (non-hydrogen) atoms. The topological polar surface area (TPSA) is 100 Å². The summed E-state index contributed by atoms with van der Waals surface area (Å²) >= 11 is 0. The van der Waals surface area contributed by atoms with Crippen molar-refractivity contribution in [2.45, 2.75) is 39.3 Å². The van der Waals surface area contributed by atoms with Crippen LogP contribution in [0.5, 0.6) is 0 Å². The molecule has 0 saturated carbocycles. The van der Waals surface area contributed by atoms with Gasteiger partial charge in [0.15, 0.2) is 0 Å². The van der Waals surface area contributed by atoms with Crippen LogP contribution in [0.3, 0.4) is 0 Å². The van der Waals surface area contributed by atoms with Gasteiger partial charge < -0.3 is 14.6 Å². The van der Waals surface area contributed by atoms with Gasteiger partial charge in [0, 0.05) is 24.8 Å². The first-order valence-corrected chi connectivity index (χ1v) is 13.0. The number of para-hydroxylation sites is 1. The second kappa shape index (κ2) is 10.3. The number of fused-ring (bicyclic) bond motifs is 1. The lowest BCUT2D eigenvalue weighted by atomic mass is 10.1. The molecule has 0 fully saturated rings. The van der Waals surface area contributed by atoms with Crippen molar-refractivity contribution >= 4 is 28.6 Å². The van der Waals surface area contributed by atoms with E-state index in [9.17, 15) is 14.4 Å². The highest BCUT2D eigenvalue weighted by Crippen LogP contribution is 2.29. The lowest BCUT2D eigenvalue weighted by molar-refractivity contribution is 0.0547. The first-order valence-electron chi connectivity index (χ1n) is 13.0. The standard InChI is InChI=1S/C31H31N5O4/c1-20(21-11-7-6-8-12-21)35-18-23(17-32-35)28(37)33-24-16-25(29(38)34(5)19-24)27-15-22-13-9-10-14-26(22)36(27)30(39)40-31(2,3)4/h6-20H,1-5H3,(H,33,37)/t20-/m0/s1. The average molecular weight is 538 g/mol. The maximum Gasteiger partial charge on any atom is 0.419 e. The molecule has 0 aliphatic heterocycles. The number of aryl methyl sites for hydroxylation is 1. The van der Waals surface area contributed by atoms with E-state index in [0.717, 1.165) is 10.9 Å². The number of pyridine rings is 1. The molecule has 3 aromatic heterocycles. The Labute approximate surface area is 231 Å². The lowest BCUT2D eigenvalue weighted by Crippen LogP contribution is -2.28. The second-order valence-electron chi connectivity index (χ2n) is 10.7. The highest BCUT2D eigenvalue weighted by molar-refractivity contribution is 6.04. The highest BCUT2D eigenvalue weighted by Gasteiger charge is 2.24. The van der Waals surface area contributed by atoms with Gasteiger partial charge in [0.1, 0.15) is 5.60 Å². The quantitative estimate of drug-likeness (QED) is 0.303. The van der Waals surface area contributed by atoms with Crippen molar-refractivity contribution in [2.75, 3.05) is 5.32 Å². The number of hydrogen-bond acceptors (Lipinski definition) is 5. The van der Waals surface area contributed by atoms with Crippen LogP contribution < -0.4 is 10.9 Å². The zero-order valence-corrected chi connectivity index (χ0v) is 23.1. The zero-order valence-electron chi connectivity index (χ0n) is 23.1. The van der Waals surface area contributed by atoms with E-state index in [0.29, 0.717) is 22.5 Å². The summed E-state index contributed by atoms with van der Waals surface area (Å²) < 4.78 is 10.2. The predicted octanol–water partition coefficient (Wildman–Crippen LogP) is 5.85. The number of nitrogens with one attached hydrogen (secondary N) is 1. The molecule has 5 rings (SSSR count). The minimum Gasteiger partial charge on any atom is -0.443 e. The number of hydrogen-bond donors (Lipinski definition) is 1. The third-order valence-electron chi connectivity index (χ3n) is 6.55. The van der Waals surface area contributed by atoms with Crippen LogP contribution >= 0.6 is 0 Å². The molecular weight excluding hydrogens is 506 g/mol. The van der Waals surface area contributed by atoms with Crippen molar-refractivity contribution in [2.24, 2.45) is 7.05 Å². The summed E-state index contributed by atoms with van der Waals surface area (Å²) in [4.78, 5) is 39.8. The summed E-state index contributed by atoms with van der Waals surface area (Å²) in [5.41, 5.74) is 2.02. The molecule has 2 aromatic carbocycles. The van der Waals surface area contributed by atoms with E-state index in [-0.39, 0.29) is 23.1 Å². The van der Waals surface area contributed by atoms with Crippen LogP contribution in [0.15, 0.2) is 90.1 Å². The number of benzene rings is 2. The monoisotopic (exact) mass is 537 g/mol. The Bertz CT molecular complexity index is 1770. The van der Waals surface area contributed by atoms with Crippen molar-refractivity contribution in [1.82, 2.24) is 18.9 Å². The average Bonchev–Trinajstić information content (AvgIpc) is 3.55. The van der Waals surface area contributed by atoms with Crippen LogP contribution in [0.4, 0.5) is 10.5 Å². The Balaban J connectivity index is 1.49. The van der Waals surface area contributed by atoms with Gasteiger partial charge in [-0.15, -0.1) is 0 Å². The molecule has 9 nitrogen and oxygen atoms in total. The fraction of sp³-hybridized carbons (Fsp3) is 0.226. The summed E-state index contributed by atoms with van der Waals surface area (Å²) in [6.07, 6.45) is 4.15. The van der Waals surface area contributed by atoms with Gasteiger partial charge in [-0.1, -0.05) is 48.5 Å². The summed E-state index contributed by atoms with van der Waals surface area (Å²) in [5, 5.41) is 8.03. The maximum atomic E-state index is 13.3. The molecule has 9 heteroatoms. The second-order valence-corrected chi connectivity index (χ2v) is 10.7. The van der Waals surface area contributed by atoms with Crippen molar-refractivity contribution in [3.05, 3.63) is 107 Å². The number of anilines is 1. The molecule has 3 heterocycles. The van der Waals surface area contributed by atoms with E-state index in [2.05, 4.69) is 10.4 Å². The molecule has 204 valence electrons. The summed E-state index contributed by atoms with van der Waals surface area (Å²) in [5.74, 6) is -0.371. The van der Waals surface area contributed by atoms with Crippen molar-refractivity contribution in [3.63, 3.8) is 0 Å². The Morgan fingerprint density at radius 2 is 1.68 bits per heavy atom. The van der Waals surface area contributed by atoms with Gasteiger partial charge in [0.2, 0.25) is 0 Å². The molecule has 0 spiro atoms. The molecule has 0 bridgehead atoms. The lowest BCUT2D eigenvalue weighted by Gasteiger charge is -2.21. The zero-order chi connectivity index (χ0) is 28.6. The molecule has 1 atom stereocenters. The Morgan fingerprint density at radius 3 is 2.40 bits per heavy atom. The number of carbonyl (C=O) groups excluding carboxylic acids is 2. The van der Waals surface area contributed by atoms with Crippen LogP contribution in [-0.2, 0) is 11.8 Å². The first-order chi connectivity index (χ1) is 19.0. The van der Waals surface area contributed by atoms with Crippen LogP contribution in [0, 0.1) is 0 Å². The predicted molar refractivity (Wildman–Crippen MR) is 155 cm³/mol. The van der Waals surface area contributed by atoms with E-state index >= 15 is 0 Å². The highest BCUT2D eigenvalue weighted by atomic mass is 16.6. The maximum absolute atomic E-state index is 13.3. The van der Waals surface area contributed by atoms with Gasteiger partial charge in [-0.05, 0) is 51.5 Å². The summed E-state index contributed by atoms with van der Waals surface area (Å²) in [6, 6.07) is 20.5. The molecule has 1 amide bonds. The summed E-state index contributed by atoms with van der Waals surface area (Å²) in [6.45, 7) is 7.36. The molecule has 0 aliphatic carbocycles. The largest absolute Gasteiger partial charge is 0.443 e. The number of carbonyl (C=O) groups is 2. The number of amides is 1. The van der Waals surface area contributed by atoms with Gasteiger partial charge in [0.25, 0.3) is 11.5 Å². The number of rotatable bonds is 5.